The van der Waals surface area contributed by atoms with E-state index in [0.717, 1.165) is 12.5 Å². The molecule has 1 N–H and O–H groups in total. The maximum Gasteiger partial charge on any atom is 0.108 e. The Labute approximate surface area is 128 Å². The van der Waals surface area contributed by atoms with E-state index in [-0.39, 0.29) is 0 Å². The number of nitrogens with one attached hydrogen (secondary N) is 1. The molecule has 0 spiro atoms. The van der Waals surface area contributed by atoms with Gasteiger partial charge in [-0.25, -0.2) is 4.98 Å². The zero-order valence-electron chi connectivity index (χ0n) is 11.0. The lowest BCUT2D eigenvalue weighted by molar-refractivity contribution is 0.198. The van der Waals surface area contributed by atoms with Crippen LogP contribution in [0.25, 0.3) is 0 Å². The summed E-state index contributed by atoms with van der Waals surface area (Å²) in [6, 6.07) is 0. The van der Waals surface area contributed by atoms with Gasteiger partial charge in [0.2, 0.25) is 0 Å². The van der Waals surface area contributed by atoms with Gasteiger partial charge in [0, 0.05) is 6.54 Å². The van der Waals surface area contributed by atoms with Crippen LogP contribution in [0, 0.1) is 8.80 Å². The van der Waals surface area contributed by atoms with E-state index in [1.807, 2.05) is 17.5 Å². The quantitative estimate of drug-likeness (QED) is 0.771. The van der Waals surface area contributed by atoms with Gasteiger partial charge in [0.05, 0.1) is 15.6 Å². The van der Waals surface area contributed by atoms with Crippen molar-refractivity contribution in [2.75, 3.05) is 26.2 Å². The zero-order valence-corrected chi connectivity index (χ0v) is 14.0. The van der Waals surface area contributed by atoms with E-state index >= 15 is 0 Å². The second-order valence-electron chi connectivity index (χ2n) is 4.99. The van der Waals surface area contributed by atoms with Crippen LogP contribution in [0.1, 0.15) is 31.2 Å². The molecule has 3 nitrogen and oxygen atoms in total. The van der Waals surface area contributed by atoms with E-state index in [4.69, 9.17) is 0 Å². The van der Waals surface area contributed by atoms with Crippen LogP contribution >= 0.6 is 33.9 Å². The molecule has 1 aliphatic rings. The highest BCUT2D eigenvalue weighted by molar-refractivity contribution is 14.1. The molecule has 0 unspecified atom stereocenters. The molecule has 0 aliphatic carbocycles. The molecule has 102 valence electrons. The highest BCUT2D eigenvalue weighted by Gasteiger charge is 2.17. The minimum atomic E-state index is 0.872. The van der Waals surface area contributed by atoms with Crippen molar-refractivity contribution in [2.24, 2.45) is 5.92 Å². The van der Waals surface area contributed by atoms with E-state index in [1.54, 1.807) is 0 Å². The first-order chi connectivity index (χ1) is 8.78. The second-order valence-corrected chi connectivity index (χ2v) is 8.00. The number of thiazole rings is 1. The highest BCUT2D eigenvalue weighted by atomic mass is 127. The number of hydrogen-bond acceptors (Lipinski definition) is 4. The van der Waals surface area contributed by atoms with Gasteiger partial charge in [-0.3, -0.25) is 4.90 Å². The maximum absolute atomic E-state index is 4.49. The standard InChI is InChI=1S/C13H22IN3S/c1-2-7-17(9-11-3-5-15-6-4-11)10-13-16-8-12(14)18-13/h8,11,15H,2-7,9-10H2,1H3. The Hall–Kier alpha value is 0.280. The fourth-order valence-corrected chi connectivity index (χ4v) is 4.12. The molecule has 1 saturated heterocycles. The number of aromatic nitrogens is 1. The third-order valence-electron chi connectivity index (χ3n) is 3.40. The predicted octanol–water partition coefficient (Wildman–Crippen LogP) is 2.96. The summed E-state index contributed by atoms with van der Waals surface area (Å²) in [4.78, 5) is 7.08. The number of halogens is 1. The molecule has 0 aromatic carbocycles. The van der Waals surface area contributed by atoms with E-state index in [9.17, 15) is 0 Å². The molecule has 1 aromatic rings. The van der Waals surface area contributed by atoms with E-state index in [1.165, 1.54) is 53.3 Å². The van der Waals surface area contributed by atoms with Crippen molar-refractivity contribution in [2.45, 2.75) is 32.7 Å². The normalized spacial score (nSPS) is 17.5. The molecule has 1 aliphatic heterocycles. The summed E-state index contributed by atoms with van der Waals surface area (Å²) in [6.45, 7) is 8.12. The average Bonchev–Trinajstić information content (AvgIpc) is 2.76. The van der Waals surface area contributed by atoms with Crippen molar-refractivity contribution in [3.63, 3.8) is 0 Å². The summed E-state index contributed by atoms with van der Waals surface area (Å²) in [7, 11) is 0. The fraction of sp³-hybridized carbons (Fsp3) is 0.769. The van der Waals surface area contributed by atoms with Gasteiger partial charge in [-0.15, -0.1) is 11.3 Å². The Morgan fingerprint density at radius 1 is 1.50 bits per heavy atom. The van der Waals surface area contributed by atoms with Gasteiger partial charge in [0.1, 0.15) is 5.01 Å². The first-order valence-electron chi connectivity index (χ1n) is 6.81. The van der Waals surface area contributed by atoms with Gasteiger partial charge in [-0.05, 0) is 67.4 Å². The molecule has 1 aromatic heterocycles. The predicted molar refractivity (Wildman–Crippen MR) is 86.0 cm³/mol. The molecular weight excluding hydrogens is 357 g/mol. The Balaban J connectivity index is 1.86. The van der Waals surface area contributed by atoms with Crippen LogP contribution < -0.4 is 5.32 Å². The van der Waals surface area contributed by atoms with Crippen molar-refractivity contribution < 1.29 is 0 Å². The summed E-state index contributed by atoms with van der Waals surface area (Å²) in [5.41, 5.74) is 0. The van der Waals surface area contributed by atoms with Crippen LogP contribution in [0.5, 0.6) is 0 Å². The Bertz CT molecular complexity index is 350. The molecule has 1 fully saturated rings. The molecule has 0 atom stereocenters. The van der Waals surface area contributed by atoms with Crippen LogP contribution in [0.15, 0.2) is 6.20 Å². The van der Waals surface area contributed by atoms with Crippen molar-refractivity contribution in [3.8, 4) is 0 Å². The van der Waals surface area contributed by atoms with E-state index in [2.05, 4.69) is 44.7 Å². The highest BCUT2D eigenvalue weighted by Crippen LogP contribution is 2.19. The van der Waals surface area contributed by atoms with Gasteiger partial charge in [-0.1, -0.05) is 6.92 Å². The second kappa shape index (κ2) is 7.77. The topological polar surface area (TPSA) is 28.2 Å². The van der Waals surface area contributed by atoms with Crippen LogP contribution in [-0.4, -0.2) is 36.1 Å². The molecule has 5 heteroatoms. The fourth-order valence-electron chi connectivity index (χ4n) is 2.53. The largest absolute Gasteiger partial charge is 0.317 e. The smallest absolute Gasteiger partial charge is 0.108 e. The van der Waals surface area contributed by atoms with Crippen molar-refractivity contribution in [1.82, 2.24) is 15.2 Å². The Kier molecular flexibility index (Phi) is 6.34. The molecule has 2 heterocycles. The first-order valence-corrected chi connectivity index (χ1v) is 8.70. The lowest BCUT2D eigenvalue weighted by Crippen LogP contribution is -2.36. The SMILES string of the molecule is CCCN(Cc1ncc(I)s1)CC1CCNCC1. The van der Waals surface area contributed by atoms with E-state index < -0.39 is 0 Å². The molecular formula is C13H22IN3S. The van der Waals surface area contributed by atoms with Gasteiger partial charge in [-0.2, -0.15) is 0 Å². The number of hydrogen-bond donors (Lipinski definition) is 1. The molecule has 18 heavy (non-hydrogen) atoms. The average molecular weight is 379 g/mol. The monoisotopic (exact) mass is 379 g/mol. The van der Waals surface area contributed by atoms with Crippen LogP contribution in [-0.2, 0) is 6.54 Å². The molecule has 0 radical (unpaired) electrons. The van der Waals surface area contributed by atoms with Gasteiger partial charge >= 0.3 is 0 Å². The number of piperidine rings is 1. The maximum atomic E-state index is 4.49. The summed E-state index contributed by atoms with van der Waals surface area (Å²) < 4.78 is 1.29. The minimum Gasteiger partial charge on any atom is -0.317 e. The lowest BCUT2D eigenvalue weighted by Gasteiger charge is -2.29. The molecule has 0 saturated carbocycles. The summed E-state index contributed by atoms with van der Waals surface area (Å²) >= 11 is 4.18. The summed E-state index contributed by atoms with van der Waals surface area (Å²) in [5, 5.41) is 4.71. The molecule has 2 rings (SSSR count). The van der Waals surface area contributed by atoms with Gasteiger partial charge in [0.25, 0.3) is 0 Å². The summed E-state index contributed by atoms with van der Waals surface area (Å²) in [5.74, 6) is 0.872. The minimum absolute atomic E-state index is 0.872. The zero-order chi connectivity index (χ0) is 12.8. The van der Waals surface area contributed by atoms with Crippen LogP contribution in [0.3, 0.4) is 0 Å². The van der Waals surface area contributed by atoms with Crippen molar-refractivity contribution in [1.29, 1.82) is 0 Å². The number of rotatable bonds is 6. The lowest BCUT2D eigenvalue weighted by atomic mass is 9.97. The third kappa shape index (κ3) is 4.75. The van der Waals surface area contributed by atoms with Crippen molar-refractivity contribution >= 4 is 33.9 Å². The van der Waals surface area contributed by atoms with E-state index in [0.29, 0.717) is 0 Å². The van der Waals surface area contributed by atoms with Crippen molar-refractivity contribution in [3.05, 3.63) is 14.1 Å². The molecule has 0 bridgehead atoms. The first kappa shape index (κ1) is 14.7. The molecule has 0 amide bonds. The Morgan fingerprint density at radius 3 is 2.89 bits per heavy atom. The van der Waals surface area contributed by atoms with Gasteiger partial charge < -0.3 is 5.32 Å². The van der Waals surface area contributed by atoms with Crippen LogP contribution in [0.4, 0.5) is 0 Å². The number of nitrogens with zero attached hydrogens (tertiary/aromatic N) is 2. The Morgan fingerprint density at radius 2 is 2.28 bits per heavy atom. The third-order valence-corrected chi connectivity index (χ3v) is 5.11. The van der Waals surface area contributed by atoms with Crippen LogP contribution in [0.2, 0.25) is 0 Å². The summed E-state index contributed by atoms with van der Waals surface area (Å²) in [6.07, 6.45) is 5.87. The van der Waals surface area contributed by atoms with Gasteiger partial charge in [0.15, 0.2) is 0 Å².